The van der Waals surface area contributed by atoms with Gasteiger partial charge in [0.05, 0.1) is 0 Å². The quantitative estimate of drug-likeness (QED) is 0.490. The first-order chi connectivity index (χ1) is 11.8. The average molecular weight is 386 g/mol. The van der Waals surface area contributed by atoms with Crippen molar-refractivity contribution < 1.29 is 40.3 Å². The Labute approximate surface area is 145 Å². The van der Waals surface area contributed by atoms with E-state index in [4.69, 9.17) is 4.74 Å². The molecule has 2 nitrogen and oxygen atoms in total. The van der Waals surface area contributed by atoms with Crippen molar-refractivity contribution in [2.45, 2.75) is 62.7 Å². The summed E-state index contributed by atoms with van der Waals surface area (Å²) in [6, 6.07) is 3.34. The summed E-state index contributed by atoms with van der Waals surface area (Å²) < 4.78 is 97.1. The van der Waals surface area contributed by atoms with E-state index in [1.165, 1.54) is 6.07 Å². The molecule has 0 spiro atoms. The summed E-state index contributed by atoms with van der Waals surface area (Å²) in [7, 11) is 0. The lowest BCUT2D eigenvalue weighted by atomic mass is 9.78. The first kappa shape index (κ1) is 20.5. The van der Waals surface area contributed by atoms with Crippen molar-refractivity contribution in [1.82, 2.24) is 0 Å². The smallest absolute Gasteiger partial charge is 0.454 e. The highest BCUT2D eigenvalue weighted by molar-refractivity contribution is 5.67. The van der Waals surface area contributed by atoms with Gasteiger partial charge in [0.25, 0.3) is 0 Å². The summed E-state index contributed by atoms with van der Waals surface area (Å²) in [5.74, 6) is -12.4. The number of ether oxygens (including phenoxy) is 1. The van der Waals surface area contributed by atoms with E-state index >= 15 is 0 Å². The van der Waals surface area contributed by atoms with Crippen LogP contribution in [0.2, 0.25) is 0 Å². The Hall–Kier alpha value is -1.80. The highest BCUT2D eigenvalue weighted by Gasteiger charge is 2.73. The zero-order chi connectivity index (χ0) is 19.8. The van der Waals surface area contributed by atoms with Crippen LogP contribution in [-0.2, 0) is 21.1 Å². The highest BCUT2D eigenvalue weighted by atomic mass is 19.4. The second-order valence-electron chi connectivity index (χ2n) is 6.38. The molecule has 0 bridgehead atoms. The number of halogens is 7. The molecule has 1 aromatic carbocycles. The topological polar surface area (TPSA) is 26.3 Å². The lowest BCUT2D eigenvalue weighted by molar-refractivity contribution is -0.359. The molecule has 0 unspecified atom stereocenters. The third kappa shape index (κ3) is 3.53. The Bertz CT molecular complexity index is 661. The van der Waals surface area contributed by atoms with Gasteiger partial charge in [-0.2, -0.15) is 30.7 Å². The summed E-state index contributed by atoms with van der Waals surface area (Å²) >= 11 is 0. The average Bonchev–Trinajstić information content (AvgIpc) is 2.54. The van der Waals surface area contributed by atoms with Gasteiger partial charge in [-0.25, -0.2) is 0 Å². The van der Waals surface area contributed by atoms with E-state index in [9.17, 15) is 35.5 Å². The number of hydrogen-bond acceptors (Lipinski definition) is 2. The fraction of sp³-hybridized carbons (Fsp3) is 0.588. The first-order valence-corrected chi connectivity index (χ1v) is 7.96. The molecule has 2 rings (SSSR count). The Morgan fingerprint density at radius 3 is 2.08 bits per heavy atom. The van der Waals surface area contributed by atoms with Crippen molar-refractivity contribution in [3.8, 4) is 0 Å². The summed E-state index contributed by atoms with van der Waals surface area (Å²) in [5.41, 5.74) is -2.79. The van der Waals surface area contributed by atoms with Crippen LogP contribution in [0.15, 0.2) is 24.3 Å². The maximum atomic E-state index is 14.0. The van der Waals surface area contributed by atoms with Gasteiger partial charge in [0.15, 0.2) is 0 Å². The number of carbonyl (C=O) groups excluding carboxylic acids is 1. The molecule has 0 heterocycles. The van der Waals surface area contributed by atoms with Crippen LogP contribution in [0.5, 0.6) is 0 Å². The highest BCUT2D eigenvalue weighted by Crippen LogP contribution is 2.52. The van der Waals surface area contributed by atoms with Crippen LogP contribution in [0.4, 0.5) is 30.7 Å². The number of hydrogen-bond donors (Lipinski definition) is 0. The van der Waals surface area contributed by atoms with Crippen LogP contribution in [0.25, 0.3) is 0 Å². The molecule has 26 heavy (non-hydrogen) atoms. The van der Waals surface area contributed by atoms with Crippen LogP contribution < -0.4 is 0 Å². The van der Waals surface area contributed by atoms with Crippen molar-refractivity contribution in [2.24, 2.45) is 0 Å². The van der Waals surface area contributed by atoms with Crippen molar-refractivity contribution in [2.75, 3.05) is 0 Å². The zero-order valence-corrected chi connectivity index (χ0v) is 13.8. The van der Waals surface area contributed by atoms with Crippen molar-refractivity contribution in [3.63, 3.8) is 0 Å². The number of carbonyl (C=O) groups is 1. The van der Waals surface area contributed by atoms with Gasteiger partial charge in [0.1, 0.15) is 5.60 Å². The molecule has 1 aromatic rings. The van der Waals surface area contributed by atoms with E-state index in [0.29, 0.717) is 25.0 Å². The van der Waals surface area contributed by atoms with Gasteiger partial charge >= 0.3 is 24.0 Å². The molecule has 0 atom stereocenters. The minimum absolute atomic E-state index is 0.0115. The second kappa shape index (κ2) is 6.74. The second-order valence-corrected chi connectivity index (χ2v) is 6.38. The van der Waals surface area contributed by atoms with Crippen LogP contribution in [-0.4, -0.2) is 18.1 Å². The molecular formula is C17H17F7O2. The van der Waals surface area contributed by atoms with Crippen LogP contribution in [0, 0.1) is 0 Å². The van der Waals surface area contributed by atoms with Gasteiger partial charge in [0.2, 0.25) is 0 Å². The van der Waals surface area contributed by atoms with Crippen molar-refractivity contribution in [1.29, 1.82) is 0 Å². The summed E-state index contributed by atoms with van der Waals surface area (Å²) in [5, 5.41) is 0. The standard InChI is InChI=1S/C17H17F7O2/c1-11(25)26-14(8-3-2-4-9-14)12-6-5-7-13(10-12)15(18,19)16(20,21)17(22,23)24/h5-7,10H,2-4,8-9H2,1H3. The predicted molar refractivity (Wildman–Crippen MR) is 77.9 cm³/mol. The Balaban J connectivity index is 2.51. The van der Waals surface area contributed by atoms with E-state index in [1.807, 2.05) is 0 Å². The van der Waals surface area contributed by atoms with Crippen LogP contribution in [0.1, 0.15) is 50.2 Å². The molecule has 1 aliphatic carbocycles. The van der Waals surface area contributed by atoms with Crippen LogP contribution >= 0.6 is 0 Å². The first-order valence-electron chi connectivity index (χ1n) is 7.96. The van der Waals surface area contributed by atoms with Gasteiger partial charge in [-0.1, -0.05) is 24.6 Å². The largest absolute Gasteiger partial charge is 0.460 e. The molecule has 1 fully saturated rings. The van der Waals surface area contributed by atoms with Crippen molar-refractivity contribution in [3.05, 3.63) is 35.4 Å². The van der Waals surface area contributed by atoms with Gasteiger partial charge in [-0.3, -0.25) is 4.79 Å². The fourth-order valence-corrected chi connectivity index (χ4v) is 3.20. The van der Waals surface area contributed by atoms with Gasteiger partial charge in [0, 0.05) is 12.5 Å². The Kier molecular flexibility index (Phi) is 5.31. The molecule has 0 aromatic heterocycles. The molecule has 1 saturated carbocycles. The van der Waals surface area contributed by atoms with Gasteiger partial charge in [-0.05, 0) is 37.3 Å². The molecule has 146 valence electrons. The summed E-state index contributed by atoms with van der Waals surface area (Å²) in [6.45, 7) is 1.12. The third-order valence-electron chi connectivity index (χ3n) is 4.50. The van der Waals surface area contributed by atoms with E-state index in [2.05, 4.69) is 0 Å². The molecular weight excluding hydrogens is 369 g/mol. The Morgan fingerprint density at radius 2 is 1.58 bits per heavy atom. The molecule has 9 heteroatoms. The minimum Gasteiger partial charge on any atom is -0.454 e. The lowest BCUT2D eigenvalue weighted by Crippen LogP contribution is -2.50. The van der Waals surface area contributed by atoms with E-state index < -0.39 is 35.2 Å². The van der Waals surface area contributed by atoms with Gasteiger partial charge in [-0.15, -0.1) is 0 Å². The van der Waals surface area contributed by atoms with E-state index in [1.54, 1.807) is 0 Å². The zero-order valence-electron chi connectivity index (χ0n) is 13.8. The maximum absolute atomic E-state index is 14.0. The summed E-state index contributed by atoms with van der Waals surface area (Å²) in [6.07, 6.45) is -3.84. The number of esters is 1. The molecule has 0 radical (unpaired) electrons. The fourth-order valence-electron chi connectivity index (χ4n) is 3.20. The van der Waals surface area contributed by atoms with E-state index in [-0.39, 0.29) is 18.4 Å². The predicted octanol–water partition coefficient (Wildman–Crippen LogP) is 5.70. The van der Waals surface area contributed by atoms with Crippen molar-refractivity contribution >= 4 is 5.97 Å². The monoisotopic (exact) mass is 386 g/mol. The maximum Gasteiger partial charge on any atom is 0.460 e. The normalized spacial score (nSPS) is 18.5. The number of alkyl halides is 7. The van der Waals surface area contributed by atoms with E-state index in [0.717, 1.165) is 19.4 Å². The molecule has 0 saturated heterocycles. The SMILES string of the molecule is CC(=O)OC1(c2cccc(C(F)(F)C(F)(F)C(F)(F)F)c2)CCCCC1. The Morgan fingerprint density at radius 1 is 1.00 bits per heavy atom. The lowest BCUT2D eigenvalue weighted by Gasteiger charge is -2.37. The molecule has 0 aliphatic heterocycles. The third-order valence-corrected chi connectivity index (χ3v) is 4.50. The van der Waals surface area contributed by atoms with Crippen LogP contribution in [0.3, 0.4) is 0 Å². The minimum atomic E-state index is -6.41. The molecule has 1 aliphatic rings. The number of rotatable bonds is 4. The molecule has 0 amide bonds. The number of benzene rings is 1. The van der Waals surface area contributed by atoms with Gasteiger partial charge < -0.3 is 4.74 Å². The summed E-state index contributed by atoms with van der Waals surface area (Å²) in [4.78, 5) is 11.4. The molecule has 0 N–H and O–H groups in total.